The molecule has 0 atom stereocenters. The van der Waals surface area contributed by atoms with E-state index in [2.05, 4.69) is 50.9 Å². The normalized spacial score (nSPS) is 20.0. The van der Waals surface area contributed by atoms with Gasteiger partial charge < -0.3 is 25.0 Å². The third-order valence-electron chi connectivity index (χ3n) is 6.46. The van der Waals surface area contributed by atoms with E-state index in [0.29, 0.717) is 31.8 Å². The summed E-state index contributed by atoms with van der Waals surface area (Å²) >= 11 is 0. The first-order chi connectivity index (χ1) is 15.5. The summed E-state index contributed by atoms with van der Waals surface area (Å²) in [4.78, 5) is 20.7. The molecule has 0 saturated carbocycles. The number of likely N-dealkylation sites (N-methyl/N-ethyl adjacent to an activating group) is 1. The zero-order valence-electron chi connectivity index (χ0n) is 19.8. The van der Waals surface area contributed by atoms with E-state index in [4.69, 9.17) is 9.47 Å². The minimum Gasteiger partial charge on any atom is -0.381 e. The SMILES string of the molecule is COC1(CNC(=NCC(=O)N(C)C)NC2CCN(Cc3ccccc3)CC2)CCOCC1. The van der Waals surface area contributed by atoms with Crippen LogP contribution in [0.4, 0.5) is 0 Å². The van der Waals surface area contributed by atoms with Crippen LogP contribution in [0, 0.1) is 0 Å². The number of nitrogens with zero attached hydrogens (tertiary/aromatic N) is 3. The lowest BCUT2D eigenvalue weighted by Gasteiger charge is -2.37. The number of nitrogens with one attached hydrogen (secondary N) is 2. The molecule has 0 aliphatic carbocycles. The predicted molar refractivity (Wildman–Crippen MR) is 127 cm³/mol. The summed E-state index contributed by atoms with van der Waals surface area (Å²) in [5.41, 5.74) is 1.09. The number of guanidine groups is 1. The van der Waals surface area contributed by atoms with Crippen molar-refractivity contribution in [3.63, 3.8) is 0 Å². The second-order valence-electron chi connectivity index (χ2n) is 8.99. The third kappa shape index (κ3) is 7.46. The summed E-state index contributed by atoms with van der Waals surface area (Å²) < 4.78 is 11.4. The molecular formula is C24H39N5O3. The van der Waals surface area contributed by atoms with Crippen LogP contribution in [-0.4, -0.2) is 93.9 Å². The molecule has 8 nitrogen and oxygen atoms in total. The van der Waals surface area contributed by atoms with Gasteiger partial charge in [-0.3, -0.25) is 9.69 Å². The summed E-state index contributed by atoms with van der Waals surface area (Å²) in [5.74, 6) is 0.668. The average molecular weight is 446 g/mol. The van der Waals surface area contributed by atoms with Gasteiger partial charge in [-0.05, 0) is 18.4 Å². The molecular weight excluding hydrogens is 406 g/mol. The van der Waals surface area contributed by atoms with Gasteiger partial charge in [-0.1, -0.05) is 30.3 Å². The number of ether oxygens (including phenoxy) is 2. The Labute approximate surface area is 192 Å². The molecule has 0 unspecified atom stereocenters. The van der Waals surface area contributed by atoms with Crippen LogP contribution < -0.4 is 10.6 Å². The standard InChI is InChI=1S/C24H39N5O3/c1-28(2)22(30)17-25-23(26-19-24(31-3)11-15-32-16-12-24)27-21-9-13-29(14-10-21)18-20-7-5-4-6-8-20/h4-8,21H,9-19H2,1-3H3,(H2,25,26,27). The van der Waals surface area contributed by atoms with Gasteiger partial charge in [-0.25, -0.2) is 4.99 Å². The highest BCUT2D eigenvalue weighted by Crippen LogP contribution is 2.23. The second-order valence-corrected chi connectivity index (χ2v) is 8.99. The summed E-state index contributed by atoms with van der Waals surface area (Å²) in [6.07, 6.45) is 3.77. The number of aliphatic imine (C=N–C) groups is 1. The molecule has 32 heavy (non-hydrogen) atoms. The van der Waals surface area contributed by atoms with Gasteiger partial charge in [0.2, 0.25) is 5.91 Å². The molecule has 2 N–H and O–H groups in total. The largest absolute Gasteiger partial charge is 0.381 e. The lowest BCUT2D eigenvalue weighted by Crippen LogP contribution is -2.54. The van der Waals surface area contributed by atoms with E-state index in [1.165, 1.54) is 5.56 Å². The van der Waals surface area contributed by atoms with Crippen LogP contribution in [0.2, 0.25) is 0 Å². The van der Waals surface area contributed by atoms with E-state index >= 15 is 0 Å². The molecule has 0 radical (unpaired) electrons. The van der Waals surface area contributed by atoms with Gasteiger partial charge in [0.25, 0.3) is 0 Å². The summed E-state index contributed by atoms with van der Waals surface area (Å²) in [7, 11) is 5.26. The molecule has 2 heterocycles. The van der Waals surface area contributed by atoms with E-state index < -0.39 is 0 Å². The van der Waals surface area contributed by atoms with E-state index in [-0.39, 0.29) is 18.1 Å². The maximum Gasteiger partial charge on any atom is 0.243 e. The van der Waals surface area contributed by atoms with Crippen molar-refractivity contribution in [3.05, 3.63) is 35.9 Å². The van der Waals surface area contributed by atoms with Crippen LogP contribution in [0.3, 0.4) is 0 Å². The molecule has 2 fully saturated rings. The number of carbonyl (C=O) groups is 1. The number of hydrogen-bond donors (Lipinski definition) is 2. The number of benzene rings is 1. The number of rotatable bonds is 8. The number of likely N-dealkylation sites (tertiary alicyclic amines) is 1. The Morgan fingerprint density at radius 2 is 1.91 bits per heavy atom. The maximum atomic E-state index is 12.1. The molecule has 0 bridgehead atoms. The topological polar surface area (TPSA) is 78.4 Å². The molecule has 1 aromatic rings. The van der Waals surface area contributed by atoms with Crippen molar-refractivity contribution < 1.29 is 14.3 Å². The smallest absolute Gasteiger partial charge is 0.243 e. The fourth-order valence-corrected chi connectivity index (χ4v) is 4.15. The quantitative estimate of drug-likeness (QED) is 0.466. The Kier molecular flexibility index (Phi) is 9.32. The van der Waals surface area contributed by atoms with Crippen LogP contribution >= 0.6 is 0 Å². The number of piperidine rings is 1. The van der Waals surface area contributed by atoms with Crippen molar-refractivity contribution in [1.82, 2.24) is 20.4 Å². The second kappa shape index (κ2) is 12.2. The molecule has 1 aromatic carbocycles. The minimum atomic E-state index is -0.259. The molecule has 2 aliphatic heterocycles. The number of amides is 1. The average Bonchev–Trinajstić information content (AvgIpc) is 2.83. The van der Waals surface area contributed by atoms with Crippen molar-refractivity contribution in [1.29, 1.82) is 0 Å². The van der Waals surface area contributed by atoms with Crippen molar-refractivity contribution in [2.24, 2.45) is 4.99 Å². The highest BCUT2D eigenvalue weighted by atomic mass is 16.5. The minimum absolute atomic E-state index is 0.0173. The van der Waals surface area contributed by atoms with Gasteiger partial charge in [0.05, 0.1) is 5.60 Å². The molecule has 1 amide bonds. The Bertz CT molecular complexity index is 726. The van der Waals surface area contributed by atoms with Crippen molar-refractivity contribution in [3.8, 4) is 0 Å². The van der Waals surface area contributed by atoms with Gasteiger partial charge >= 0.3 is 0 Å². The highest BCUT2D eigenvalue weighted by Gasteiger charge is 2.33. The van der Waals surface area contributed by atoms with Crippen LogP contribution in [0.5, 0.6) is 0 Å². The van der Waals surface area contributed by atoms with Crippen molar-refractivity contribution in [2.75, 3.05) is 60.6 Å². The summed E-state index contributed by atoms with van der Waals surface area (Å²) in [6.45, 7) is 5.23. The Morgan fingerprint density at radius 3 is 2.53 bits per heavy atom. The Hall–Kier alpha value is -2.16. The fourth-order valence-electron chi connectivity index (χ4n) is 4.15. The van der Waals surface area contributed by atoms with Crippen LogP contribution in [0.25, 0.3) is 0 Å². The van der Waals surface area contributed by atoms with Gasteiger partial charge in [-0.15, -0.1) is 0 Å². The van der Waals surface area contributed by atoms with Crippen LogP contribution in [0.15, 0.2) is 35.3 Å². The first kappa shape index (κ1) is 24.5. The van der Waals surface area contributed by atoms with Gasteiger partial charge in [0, 0.05) is 79.5 Å². The lowest BCUT2D eigenvalue weighted by molar-refractivity contribution is -0.127. The van der Waals surface area contributed by atoms with Gasteiger partial charge in [0.15, 0.2) is 5.96 Å². The predicted octanol–water partition coefficient (Wildman–Crippen LogP) is 1.47. The molecule has 2 saturated heterocycles. The number of methoxy groups -OCH3 is 1. The van der Waals surface area contributed by atoms with E-state index in [0.717, 1.165) is 45.3 Å². The Morgan fingerprint density at radius 1 is 1.22 bits per heavy atom. The zero-order valence-corrected chi connectivity index (χ0v) is 19.8. The van der Waals surface area contributed by atoms with E-state index in [9.17, 15) is 4.79 Å². The van der Waals surface area contributed by atoms with Gasteiger partial charge in [-0.2, -0.15) is 0 Å². The monoisotopic (exact) mass is 445 g/mol. The van der Waals surface area contributed by atoms with E-state index in [1.54, 1.807) is 26.1 Å². The van der Waals surface area contributed by atoms with Gasteiger partial charge in [0.1, 0.15) is 6.54 Å². The zero-order chi connectivity index (χ0) is 22.8. The molecule has 178 valence electrons. The van der Waals surface area contributed by atoms with Crippen molar-refractivity contribution in [2.45, 2.75) is 43.9 Å². The summed E-state index contributed by atoms with van der Waals surface area (Å²) in [6, 6.07) is 10.9. The van der Waals surface area contributed by atoms with Crippen LogP contribution in [0.1, 0.15) is 31.2 Å². The molecule has 2 aliphatic rings. The highest BCUT2D eigenvalue weighted by molar-refractivity contribution is 5.85. The third-order valence-corrected chi connectivity index (χ3v) is 6.46. The maximum absolute atomic E-state index is 12.1. The molecule has 0 spiro atoms. The summed E-state index contributed by atoms with van der Waals surface area (Å²) in [5, 5.41) is 7.02. The lowest BCUT2D eigenvalue weighted by atomic mass is 9.94. The van der Waals surface area contributed by atoms with Crippen molar-refractivity contribution >= 4 is 11.9 Å². The Balaban J connectivity index is 1.55. The first-order valence-corrected chi connectivity index (χ1v) is 11.6. The van der Waals surface area contributed by atoms with Crippen LogP contribution in [-0.2, 0) is 20.8 Å². The molecule has 8 heteroatoms. The molecule has 3 rings (SSSR count). The first-order valence-electron chi connectivity index (χ1n) is 11.6. The fraction of sp³-hybridized carbons (Fsp3) is 0.667. The molecule has 0 aromatic heterocycles. The van der Waals surface area contributed by atoms with E-state index in [1.807, 2.05) is 0 Å². The number of carbonyl (C=O) groups excluding carboxylic acids is 1. The number of hydrogen-bond acceptors (Lipinski definition) is 5.